The fourth-order valence-electron chi connectivity index (χ4n) is 2.11. The molecule has 2 aromatic carbocycles. The molecule has 1 heterocycles. The molecule has 126 valence electrons. The lowest BCUT2D eigenvalue weighted by Crippen LogP contribution is -2.05. The topological polar surface area (TPSA) is 108 Å². The van der Waals surface area contributed by atoms with Crippen molar-refractivity contribution in [3.63, 3.8) is 0 Å². The summed E-state index contributed by atoms with van der Waals surface area (Å²) in [7, 11) is 0. The highest BCUT2D eigenvalue weighted by molar-refractivity contribution is 5.89. The van der Waals surface area contributed by atoms with Crippen molar-refractivity contribution >= 4 is 11.7 Å². The maximum absolute atomic E-state index is 12.1. The molecule has 3 rings (SSSR count). The highest BCUT2D eigenvalue weighted by Gasteiger charge is 2.11. The van der Waals surface area contributed by atoms with Gasteiger partial charge in [0.25, 0.3) is 5.69 Å². The maximum atomic E-state index is 12.1. The first-order valence-corrected chi connectivity index (χ1v) is 7.34. The molecule has 8 heteroatoms. The zero-order valence-electron chi connectivity index (χ0n) is 13.2. The summed E-state index contributed by atoms with van der Waals surface area (Å²) in [5, 5.41) is 18.3. The van der Waals surface area contributed by atoms with Gasteiger partial charge in [0.15, 0.2) is 0 Å². The molecule has 0 fully saturated rings. The van der Waals surface area contributed by atoms with Gasteiger partial charge in [-0.1, -0.05) is 0 Å². The highest BCUT2D eigenvalue weighted by Crippen LogP contribution is 2.19. The second-order valence-corrected chi connectivity index (χ2v) is 5.20. The van der Waals surface area contributed by atoms with E-state index in [9.17, 15) is 14.9 Å². The monoisotopic (exact) mass is 339 g/mol. The van der Waals surface area contributed by atoms with Crippen molar-refractivity contribution in [3.05, 3.63) is 75.7 Å². The number of nitro groups is 1. The number of ether oxygens (including phenoxy) is 1. The van der Waals surface area contributed by atoms with Gasteiger partial charge in [-0.3, -0.25) is 10.1 Å². The minimum Gasteiger partial charge on any atom is -0.457 e. The Hall–Kier alpha value is -3.55. The van der Waals surface area contributed by atoms with Gasteiger partial charge in [0, 0.05) is 24.6 Å². The van der Waals surface area contributed by atoms with E-state index in [1.165, 1.54) is 12.1 Å². The predicted molar refractivity (Wildman–Crippen MR) is 86.7 cm³/mol. The molecule has 0 aliphatic heterocycles. The Balaban J connectivity index is 1.62. The molecule has 0 aliphatic rings. The van der Waals surface area contributed by atoms with Crippen molar-refractivity contribution in [1.82, 2.24) is 10.2 Å². The number of hydrogen-bond donors (Lipinski definition) is 0. The van der Waals surface area contributed by atoms with Gasteiger partial charge >= 0.3 is 5.97 Å². The van der Waals surface area contributed by atoms with Crippen LogP contribution in [0.4, 0.5) is 5.69 Å². The van der Waals surface area contributed by atoms with Crippen molar-refractivity contribution in [1.29, 1.82) is 0 Å². The summed E-state index contributed by atoms with van der Waals surface area (Å²) in [6, 6.07) is 12.4. The van der Waals surface area contributed by atoms with E-state index in [0.717, 1.165) is 0 Å². The molecule has 8 nitrogen and oxygen atoms in total. The number of hydrogen-bond acceptors (Lipinski definition) is 7. The lowest BCUT2D eigenvalue weighted by molar-refractivity contribution is -0.384. The first-order valence-electron chi connectivity index (χ1n) is 7.34. The van der Waals surface area contributed by atoms with E-state index in [-0.39, 0.29) is 12.3 Å². The Morgan fingerprint density at radius 3 is 2.36 bits per heavy atom. The third kappa shape index (κ3) is 3.86. The molecular weight excluding hydrogens is 326 g/mol. The predicted octanol–water partition coefficient (Wildman–Crippen LogP) is 3.31. The maximum Gasteiger partial charge on any atom is 0.338 e. The fraction of sp³-hybridized carbons (Fsp3) is 0.118. The number of esters is 1. The molecule has 0 spiro atoms. The number of aromatic nitrogens is 2. The summed E-state index contributed by atoms with van der Waals surface area (Å²) in [5.74, 6) is 0.344. The van der Waals surface area contributed by atoms with E-state index < -0.39 is 10.9 Å². The molecule has 1 aromatic heterocycles. The zero-order chi connectivity index (χ0) is 17.8. The van der Waals surface area contributed by atoms with E-state index in [1.807, 2.05) is 0 Å². The molecule has 0 saturated heterocycles. The average molecular weight is 339 g/mol. The van der Waals surface area contributed by atoms with Gasteiger partial charge in [0.05, 0.1) is 10.5 Å². The van der Waals surface area contributed by atoms with Gasteiger partial charge in [-0.05, 0) is 42.0 Å². The summed E-state index contributed by atoms with van der Waals surface area (Å²) in [5.41, 5.74) is 1.73. The molecule has 0 saturated carbocycles. The van der Waals surface area contributed by atoms with Gasteiger partial charge in [-0.25, -0.2) is 4.79 Å². The molecule has 0 atom stereocenters. The molecule has 0 bridgehead atoms. The first kappa shape index (κ1) is 16.3. The van der Waals surface area contributed by atoms with E-state index >= 15 is 0 Å². The third-order valence-electron chi connectivity index (χ3n) is 3.41. The molecule has 0 radical (unpaired) electrons. The van der Waals surface area contributed by atoms with Crippen LogP contribution in [0.5, 0.6) is 0 Å². The number of carbonyl (C=O) groups is 1. The van der Waals surface area contributed by atoms with Gasteiger partial charge in [-0.15, -0.1) is 10.2 Å². The van der Waals surface area contributed by atoms with Crippen molar-refractivity contribution in [3.8, 4) is 11.5 Å². The van der Waals surface area contributed by atoms with Crippen molar-refractivity contribution in [2.45, 2.75) is 13.5 Å². The molecule has 3 aromatic rings. The van der Waals surface area contributed by atoms with Crippen molar-refractivity contribution in [2.75, 3.05) is 0 Å². The van der Waals surface area contributed by atoms with Crippen LogP contribution in [0.25, 0.3) is 11.5 Å². The minimum absolute atomic E-state index is 0.0121. The summed E-state index contributed by atoms with van der Waals surface area (Å²) >= 11 is 0. The van der Waals surface area contributed by atoms with Gasteiger partial charge in [0.1, 0.15) is 6.61 Å². The van der Waals surface area contributed by atoms with Crippen LogP contribution in [0.2, 0.25) is 0 Å². The van der Waals surface area contributed by atoms with Crippen molar-refractivity contribution in [2.24, 2.45) is 0 Å². The second kappa shape index (κ2) is 6.91. The SMILES string of the molecule is Cc1nnc(-c2ccc(C(=O)OCc3ccc([N+](=O)[O-])cc3)cc2)o1. The third-order valence-corrected chi connectivity index (χ3v) is 3.41. The lowest BCUT2D eigenvalue weighted by Gasteiger charge is -2.05. The Morgan fingerprint density at radius 2 is 1.80 bits per heavy atom. The van der Waals surface area contributed by atoms with Crippen LogP contribution in [0.3, 0.4) is 0 Å². The van der Waals surface area contributed by atoms with Gasteiger partial charge < -0.3 is 9.15 Å². The van der Waals surface area contributed by atoms with E-state index in [1.54, 1.807) is 43.3 Å². The van der Waals surface area contributed by atoms with Crippen LogP contribution < -0.4 is 0 Å². The number of non-ortho nitro benzene ring substituents is 1. The van der Waals surface area contributed by atoms with Crippen LogP contribution in [-0.2, 0) is 11.3 Å². The van der Waals surface area contributed by atoms with Crippen LogP contribution >= 0.6 is 0 Å². The molecule has 0 amide bonds. The first-order chi connectivity index (χ1) is 12.0. The largest absolute Gasteiger partial charge is 0.457 e. The summed E-state index contributed by atoms with van der Waals surface area (Å²) in [6.07, 6.45) is 0. The van der Waals surface area contributed by atoms with E-state index in [0.29, 0.717) is 28.5 Å². The molecule has 0 aliphatic carbocycles. The van der Waals surface area contributed by atoms with E-state index in [2.05, 4.69) is 10.2 Å². The average Bonchev–Trinajstić information content (AvgIpc) is 3.06. The number of nitro benzene ring substituents is 1. The number of nitrogens with zero attached hydrogens (tertiary/aromatic N) is 3. The molecule has 25 heavy (non-hydrogen) atoms. The highest BCUT2D eigenvalue weighted by atomic mass is 16.6. The Bertz CT molecular complexity index is 901. The van der Waals surface area contributed by atoms with Crippen LogP contribution in [-0.4, -0.2) is 21.1 Å². The second-order valence-electron chi connectivity index (χ2n) is 5.20. The molecule has 0 unspecified atom stereocenters. The Labute approximate surface area is 142 Å². The van der Waals surface area contributed by atoms with Crippen LogP contribution in [0.15, 0.2) is 52.9 Å². The van der Waals surface area contributed by atoms with E-state index in [4.69, 9.17) is 9.15 Å². The fourth-order valence-corrected chi connectivity index (χ4v) is 2.11. The quantitative estimate of drug-likeness (QED) is 0.398. The van der Waals surface area contributed by atoms with Crippen LogP contribution in [0, 0.1) is 17.0 Å². The molecule has 0 N–H and O–H groups in total. The summed E-state index contributed by atoms with van der Waals surface area (Å²) in [4.78, 5) is 22.2. The zero-order valence-corrected chi connectivity index (χ0v) is 13.2. The Morgan fingerprint density at radius 1 is 1.12 bits per heavy atom. The normalized spacial score (nSPS) is 10.4. The van der Waals surface area contributed by atoms with Crippen molar-refractivity contribution < 1.29 is 18.9 Å². The minimum atomic E-state index is -0.494. The van der Waals surface area contributed by atoms with Gasteiger partial charge in [0.2, 0.25) is 11.8 Å². The summed E-state index contributed by atoms with van der Waals surface area (Å²) < 4.78 is 10.5. The van der Waals surface area contributed by atoms with Gasteiger partial charge in [-0.2, -0.15) is 0 Å². The number of carbonyl (C=O) groups excluding carboxylic acids is 1. The molecular formula is C17H13N3O5. The lowest BCUT2D eigenvalue weighted by atomic mass is 10.1. The Kier molecular flexibility index (Phi) is 4.51. The smallest absolute Gasteiger partial charge is 0.338 e. The van der Waals surface area contributed by atoms with Crippen LogP contribution in [0.1, 0.15) is 21.8 Å². The standard InChI is InChI=1S/C17H13N3O5/c1-11-18-19-16(25-11)13-4-6-14(7-5-13)17(21)24-10-12-2-8-15(9-3-12)20(22)23/h2-9H,10H2,1H3. The number of rotatable bonds is 5. The summed E-state index contributed by atoms with van der Waals surface area (Å²) in [6.45, 7) is 1.72. The number of benzene rings is 2. The number of aryl methyl sites for hydroxylation is 1.